The van der Waals surface area contributed by atoms with Gasteiger partial charge in [0.05, 0.1) is 13.4 Å². The summed E-state index contributed by atoms with van der Waals surface area (Å²) in [4.78, 5) is 6.78. The predicted molar refractivity (Wildman–Crippen MR) is 108 cm³/mol. The van der Waals surface area contributed by atoms with Crippen molar-refractivity contribution < 1.29 is 9.15 Å². The van der Waals surface area contributed by atoms with E-state index in [1.807, 2.05) is 31.3 Å². The van der Waals surface area contributed by atoms with Crippen molar-refractivity contribution in [1.82, 2.24) is 10.2 Å². The van der Waals surface area contributed by atoms with E-state index in [0.717, 1.165) is 37.0 Å². The Morgan fingerprint density at radius 2 is 2.00 bits per heavy atom. The van der Waals surface area contributed by atoms with Gasteiger partial charge in [0.1, 0.15) is 11.5 Å². The monoisotopic (exact) mass is 443 g/mol. The largest absolute Gasteiger partial charge is 0.497 e. The predicted octanol–water partition coefficient (Wildman–Crippen LogP) is 3.55. The Morgan fingerprint density at radius 1 is 1.25 bits per heavy atom. The number of benzene rings is 1. The summed E-state index contributed by atoms with van der Waals surface area (Å²) in [6.07, 6.45) is 2.50. The molecule has 0 spiro atoms. The van der Waals surface area contributed by atoms with Crippen molar-refractivity contribution in [2.24, 2.45) is 4.99 Å². The number of guanidine groups is 1. The first kappa shape index (κ1) is 20.3. The van der Waals surface area contributed by atoms with Crippen molar-refractivity contribution in [3.63, 3.8) is 0 Å². The normalized spacial score (nSPS) is 10.9. The summed E-state index contributed by atoms with van der Waals surface area (Å²) >= 11 is 0. The number of nitrogens with zero attached hydrogens (tertiary/aromatic N) is 2. The Balaban J connectivity index is 0.00000288. The van der Waals surface area contributed by atoms with Crippen LogP contribution in [0.15, 0.2) is 52.1 Å². The number of furan rings is 1. The quantitative estimate of drug-likeness (QED) is 0.404. The van der Waals surface area contributed by atoms with Gasteiger partial charge in [0, 0.05) is 33.1 Å². The highest BCUT2D eigenvalue weighted by Crippen LogP contribution is 2.12. The van der Waals surface area contributed by atoms with Gasteiger partial charge in [0.25, 0.3) is 0 Å². The molecular weight excluding hydrogens is 417 g/mol. The molecule has 6 heteroatoms. The Bertz CT molecular complexity index is 597. The van der Waals surface area contributed by atoms with Gasteiger partial charge in [-0.25, -0.2) is 0 Å². The van der Waals surface area contributed by atoms with Crippen LogP contribution in [-0.4, -0.2) is 38.1 Å². The first-order valence-electron chi connectivity index (χ1n) is 7.87. The maximum atomic E-state index is 5.34. The molecule has 0 atom stereocenters. The third kappa shape index (κ3) is 6.43. The topological polar surface area (TPSA) is 50.0 Å². The molecule has 0 fully saturated rings. The van der Waals surface area contributed by atoms with E-state index in [9.17, 15) is 0 Å². The minimum atomic E-state index is 0. The van der Waals surface area contributed by atoms with Crippen molar-refractivity contribution in [3.05, 3.63) is 54.0 Å². The Morgan fingerprint density at radius 3 is 2.58 bits per heavy atom. The molecule has 0 aliphatic carbocycles. The molecule has 0 amide bonds. The van der Waals surface area contributed by atoms with E-state index in [1.165, 1.54) is 5.56 Å². The minimum Gasteiger partial charge on any atom is -0.497 e. The zero-order valence-corrected chi connectivity index (χ0v) is 16.8. The van der Waals surface area contributed by atoms with Crippen molar-refractivity contribution in [2.45, 2.75) is 19.9 Å². The highest BCUT2D eigenvalue weighted by Gasteiger charge is 2.07. The van der Waals surface area contributed by atoms with E-state index in [1.54, 1.807) is 13.4 Å². The molecule has 0 aliphatic heterocycles. The molecular formula is C18H26IN3O2. The van der Waals surface area contributed by atoms with Gasteiger partial charge in [-0.1, -0.05) is 12.1 Å². The van der Waals surface area contributed by atoms with Gasteiger partial charge in [0.2, 0.25) is 0 Å². The molecule has 0 bridgehead atoms. The van der Waals surface area contributed by atoms with E-state index < -0.39 is 0 Å². The second-order valence-electron chi connectivity index (χ2n) is 5.27. The van der Waals surface area contributed by atoms with Crippen LogP contribution in [-0.2, 0) is 13.0 Å². The summed E-state index contributed by atoms with van der Waals surface area (Å²) in [5.74, 6) is 2.73. The molecule has 1 aromatic carbocycles. The maximum absolute atomic E-state index is 5.34. The number of hydrogen-bond donors (Lipinski definition) is 1. The number of halogens is 1. The van der Waals surface area contributed by atoms with Crippen LogP contribution in [0.25, 0.3) is 0 Å². The molecule has 5 nitrogen and oxygen atoms in total. The average Bonchev–Trinajstić information content (AvgIpc) is 3.08. The number of methoxy groups -OCH3 is 1. The van der Waals surface area contributed by atoms with Gasteiger partial charge in [-0.15, -0.1) is 24.0 Å². The van der Waals surface area contributed by atoms with Crippen LogP contribution in [0.4, 0.5) is 0 Å². The second-order valence-corrected chi connectivity index (χ2v) is 5.27. The van der Waals surface area contributed by atoms with E-state index in [-0.39, 0.29) is 24.0 Å². The molecule has 24 heavy (non-hydrogen) atoms. The van der Waals surface area contributed by atoms with Crippen molar-refractivity contribution in [3.8, 4) is 5.75 Å². The summed E-state index contributed by atoms with van der Waals surface area (Å²) in [5.41, 5.74) is 1.21. The van der Waals surface area contributed by atoms with Crippen molar-refractivity contribution in [2.75, 3.05) is 27.2 Å². The van der Waals surface area contributed by atoms with E-state index in [4.69, 9.17) is 9.15 Å². The first-order valence-corrected chi connectivity index (χ1v) is 7.87. The first-order chi connectivity index (χ1) is 11.2. The zero-order chi connectivity index (χ0) is 16.5. The number of hydrogen-bond acceptors (Lipinski definition) is 3. The van der Waals surface area contributed by atoms with Crippen LogP contribution >= 0.6 is 24.0 Å². The second kappa shape index (κ2) is 11.0. The van der Waals surface area contributed by atoms with E-state index >= 15 is 0 Å². The van der Waals surface area contributed by atoms with Crippen LogP contribution in [0, 0.1) is 0 Å². The molecule has 1 aromatic heterocycles. The zero-order valence-electron chi connectivity index (χ0n) is 14.5. The van der Waals surface area contributed by atoms with Crippen LogP contribution in [0.1, 0.15) is 18.2 Å². The SMILES string of the molecule is CCNC(=NCCc1ccco1)N(C)Cc1ccc(OC)cc1.I. The van der Waals surface area contributed by atoms with Gasteiger partial charge in [0.15, 0.2) is 5.96 Å². The summed E-state index contributed by atoms with van der Waals surface area (Å²) in [5, 5.41) is 3.33. The number of nitrogens with one attached hydrogen (secondary N) is 1. The lowest BCUT2D eigenvalue weighted by Crippen LogP contribution is -2.38. The summed E-state index contributed by atoms with van der Waals surface area (Å²) < 4.78 is 10.5. The fourth-order valence-corrected chi connectivity index (χ4v) is 2.28. The van der Waals surface area contributed by atoms with Gasteiger partial charge < -0.3 is 19.4 Å². The highest BCUT2D eigenvalue weighted by atomic mass is 127. The third-order valence-corrected chi connectivity index (χ3v) is 3.48. The maximum Gasteiger partial charge on any atom is 0.193 e. The fraction of sp³-hybridized carbons (Fsp3) is 0.389. The van der Waals surface area contributed by atoms with Crippen LogP contribution in [0.3, 0.4) is 0 Å². The molecule has 2 rings (SSSR count). The van der Waals surface area contributed by atoms with Crippen LogP contribution < -0.4 is 10.1 Å². The van der Waals surface area contributed by atoms with Crippen molar-refractivity contribution >= 4 is 29.9 Å². The number of rotatable bonds is 7. The standard InChI is InChI=1S/C18H25N3O2.HI/c1-4-19-18(20-12-11-17-6-5-13-23-17)21(2)14-15-7-9-16(22-3)10-8-15;/h5-10,13H,4,11-12,14H2,1-3H3,(H,19,20);1H. The van der Waals surface area contributed by atoms with Crippen LogP contribution in [0.2, 0.25) is 0 Å². The Labute approximate surface area is 161 Å². The van der Waals surface area contributed by atoms with Crippen LogP contribution in [0.5, 0.6) is 5.75 Å². The molecule has 0 radical (unpaired) electrons. The van der Waals surface area contributed by atoms with Crippen molar-refractivity contribution in [1.29, 1.82) is 0 Å². The average molecular weight is 443 g/mol. The molecule has 0 saturated heterocycles. The molecule has 2 aromatic rings. The molecule has 1 heterocycles. The van der Waals surface area contributed by atoms with E-state index in [2.05, 4.69) is 34.3 Å². The lowest BCUT2D eigenvalue weighted by Gasteiger charge is -2.22. The molecule has 0 saturated carbocycles. The van der Waals surface area contributed by atoms with Gasteiger partial charge in [-0.3, -0.25) is 4.99 Å². The summed E-state index contributed by atoms with van der Waals surface area (Å²) in [6.45, 7) is 4.40. The summed E-state index contributed by atoms with van der Waals surface area (Å²) in [6, 6.07) is 12.0. The molecule has 0 unspecified atom stereocenters. The lowest BCUT2D eigenvalue weighted by molar-refractivity contribution is 0.414. The summed E-state index contributed by atoms with van der Waals surface area (Å²) in [7, 11) is 3.72. The van der Waals surface area contributed by atoms with Gasteiger partial charge in [-0.2, -0.15) is 0 Å². The van der Waals surface area contributed by atoms with E-state index in [0.29, 0.717) is 6.54 Å². The van der Waals surface area contributed by atoms with Gasteiger partial charge >= 0.3 is 0 Å². The minimum absolute atomic E-state index is 0. The smallest absolute Gasteiger partial charge is 0.193 e. The van der Waals surface area contributed by atoms with Gasteiger partial charge in [-0.05, 0) is 36.8 Å². The molecule has 132 valence electrons. The number of aliphatic imine (C=N–C) groups is 1. The fourth-order valence-electron chi connectivity index (χ4n) is 2.28. The highest BCUT2D eigenvalue weighted by molar-refractivity contribution is 14.0. The Kier molecular flexibility index (Phi) is 9.29. The third-order valence-electron chi connectivity index (χ3n) is 3.48. The number of ether oxygens (including phenoxy) is 1. The lowest BCUT2D eigenvalue weighted by atomic mass is 10.2. The molecule has 1 N–H and O–H groups in total. The Hall–Kier alpha value is -1.70. The molecule has 0 aliphatic rings.